The first-order valence-corrected chi connectivity index (χ1v) is 11.4. The van der Waals surface area contributed by atoms with E-state index in [1.54, 1.807) is 19.2 Å². The molecule has 0 radical (unpaired) electrons. The van der Waals surface area contributed by atoms with Crippen molar-refractivity contribution in [2.75, 3.05) is 6.61 Å². The van der Waals surface area contributed by atoms with E-state index in [1.165, 1.54) is 16.7 Å². The van der Waals surface area contributed by atoms with Crippen LogP contribution < -0.4 is 16.0 Å². The Morgan fingerprint density at radius 2 is 1.94 bits per heavy atom. The SMILES string of the molecule is Cc1cccc(OC2=Nc3c(c(=O)n(CCCO)c(=O)n3C)CCC2Cc2ccc(F)cc2)c1. The monoisotopic (exact) mass is 465 g/mol. The van der Waals surface area contributed by atoms with Crippen molar-refractivity contribution in [3.05, 3.63) is 91.9 Å². The number of aromatic nitrogens is 2. The molecule has 3 aromatic rings. The van der Waals surface area contributed by atoms with Crippen LogP contribution in [0, 0.1) is 18.7 Å². The summed E-state index contributed by atoms with van der Waals surface area (Å²) < 4.78 is 22.2. The molecule has 0 amide bonds. The average Bonchev–Trinajstić information content (AvgIpc) is 2.99. The van der Waals surface area contributed by atoms with Gasteiger partial charge in [0.15, 0.2) is 5.90 Å². The van der Waals surface area contributed by atoms with Gasteiger partial charge in [0.2, 0.25) is 0 Å². The highest BCUT2D eigenvalue weighted by Crippen LogP contribution is 2.28. The number of benzene rings is 2. The molecule has 178 valence electrons. The van der Waals surface area contributed by atoms with E-state index in [2.05, 4.69) is 0 Å². The largest absolute Gasteiger partial charge is 0.443 e. The lowest BCUT2D eigenvalue weighted by atomic mass is 9.93. The van der Waals surface area contributed by atoms with Crippen LogP contribution in [0.5, 0.6) is 5.75 Å². The van der Waals surface area contributed by atoms with Gasteiger partial charge in [0.05, 0.1) is 5.56 Å². The molecule has 34 heavy (non-hydrogen) atoms. The minimum atomic E-state index is -0.479. The van der Waals surface area contributed by atoms with Gasteiger partial charge in [0.25, 0.3) is 5.56 Å². The number of fused-ring (bicyclic) bond motifs is 1. The normalized spacial score (nSPS) is 15.4. The molecule has 2 aromatic carbocycles. The first-order valence-electron chi connectivity index (χ1n) is 11.4. The number of hydrogen-bond acceptors (Lipinski definition) is 5. The Bertz CT molecular complexity index is 1330. The smallest absolute Gasteiger partial charge is 0.332 e. The van der Waals surface area contributed by atoms with Crippen LogP contribution in [0.1, 0.15) is 29.5 Å². The molecule has 1 aromatic heterocycles. The lowest BCUT2D eigenvalue weighted by Crippen LogP contribution is -2.41. The summed E-state index contributed by atoms with van der Waals surface area (Å²) in [6.07, 6.45) is 1.84. The van der Waals surface area contributed by atoms with Gasteiger partial charge in [-0.25, -0.2) is 9.18 Å². The number of aliphatic hydroxyl groups excluding tert-OH is 1. The Balaban J connectivity index is 1.79. The van der Waals surface area contributed by atoms with Gasteiger partial charge in [-0.2, -0.15) is 4.99 Å². The maximum Gasteiger partial charge on any atom is 0.332 e. The lowest BCUT2D eigenvalue weighted by Gasteiger charge is -2.18. The fourth-order valence-corrected chi connectivity index (χ4v) is 4.24. The highest BCUT2D eigenvalue weighted by molar-refractivity contribution is 5.84. The molecule has 0 bridgehead atoms. The Labute approximate surface area is 196 Å². The third-order valence-corrected chi connectivity index (χ3v) is 6.06. The van der Waals surface area contributed by atoms with Crippen LogP contribution in [-0.2, 0) is 26.4 Å². The zero-order chi connectivity index (χ0) is 24.2. The Morgan fingerprint density at radius 1 is 1.18 bits per heavy atom. The van der Waals surface area contributed by atoms with Gasteiger partial charge >= 0.3 is 5.69 Å². The highest BCUT2D eigenvalue weighted by Gasteiger charge is 2.27. The van der Waals surface area contributed by atoms with Gasteiger partial charge in [0, 0.05) is 26.1 Å². The van der Waals surface area contributed by atoms with Gasteiger partial charge in [0.1, 0.15) is 17.4 Å². The van der Waals surface area contributed by atoms with E-state index < -0.39 is 5.69 Å². The number of halogens is 1. The molecule has 1 unspecified atom stereocenters. The van der Waals surface area contributed by atoms with Crippen molar-refractivity contribution in [1.29, 1.82) is 0 Å². The predicted octanol–water partition coefficient (Wildman–Crippen LogP) is 3.29. The maximum absolute atomic E-state index is 13.4. The molecule has 0 saturated carbocycles. The Kier molecular flexibility index (Phi) is 7.07. The minimum absolute atomic E-state index is 0.112. The van der Waals surface area contributed by atoms with E-state index in [1.807, 2.05) is 31.2 Å². The van der Waals surface area contributed by atoms with Gasteiger partial charge in [-0.15, -0.1) is 0 Å². The minimum Gasteiger partial charge on any atom is -0.443 e. The number of nitrogens with zero attached hydrogens (tertiary/aromatic N) is 3. The van der Waals surface area contributed by atoms with E-state index in [0.717, 1.165) is 15.7 Å². The quantitative estimate of drug-likeness (QED) is 0.605. The topological polar surface area (TPSA) is 85.8 Å². The molecule has 1 N–H and O–H groups in total. The first kappa shape index (κ1) is 23.6. The van der Waals surface area contributed by atoms with Crippen molar-refractivity contribution in [3.63, 3.8) is 0 Å². The molecule has 0 aliphatic carbocycles. The van der Waals surface area contributed by atoms with Gasteiger partial charge in [-0.1, -0.05) is 24.3 Å². The Hall–Kier alpha value is -3.52. The van der Waals surface area contributed by atoms with E-state index in [9.17, 15) is 14.0 Å². The molecule has 4 rings (SSSR count). The fourth-order valence-electron chi connectivity index (χ4n) is 4.24. The van der Waals surface area contributed by atoms with E-state index >= 15 is 0 Å². The van der Waals surface area contributed by atoms with E-state index in [-0.39, 0.29) is 30.4 Å². The second-order valence-electron chi connectivity index (χ2n) is 8.61. The standard InChI is InChI=1S/C26H28FN3O4/c1-17-5-3-6-21(15-17)34-24-19(16-18-7-10-20(27)11-8-18)9-12-22-23(28-24)29(2)26(33)30(25(22)32)13-4-14-31/h3,5-8,10-11,15,19,31H,4,9,12-14,16H2,1-2H3. The number of aliphatic hydroxyl groups is 1. The van der Waals surface area contributed by atoms with Crippen molar-refractivity contribution in [2.45, 2.75) is 39.2 Å². The summed E-state index contributed by atoms with van der Waals surface area (Å²) >= 11 is 0. The van der Waals surface area contributed by atoms with Crippen LogP contribution in [-0.4, -0.2) is 26.7 Å². The fraction of sp³-hybridized carbons (Fsp3) is 0.346. The molecule has 1 aliphatic rings. The summed E-state index contributed by atoms with van der Waals surface area (Å²) in [6, 6.07) is 13.9. The van der Waals surface area contributed by atoms with Crippen LogP contribution >= 0.6 is 0 Å². The summed E-state index contributed by atoms with van der Waals surface area (Å²) in [5.74, 6) is 0.836. The molecule has 2 heterocycles. The molecule has 0 spiro atoms. The zero-order valence-electron chi connectivity index (χ0n) is 19.3. The second kappa shape index (κ2) is 10.2. The van der Waals surface area contributed by atoms with E-state index in [0.29, 0.717) is 48.7 Å². The molecule has 7 nitrogen and oxygen atoms in total. The van der Waals surface area contributed by atoms with E-state index in [4.69, 9.17) is 14.8 Å². The van der Waals surface area contributed by atoms with Gasteiger partial charge < -0.3 is 9.84 Å². The molecular weight excluding hydrogens is 437 g/mol. The second-order valence-corrected chi connectivity index (χ2v) is 8.61. The van der Waals surface area contributed by atoms with Crippen molar-refractivity contribution >= 4 is 11.7 Å². The van der Waals surface area contributed by atoms with Crippen LogP contribution in [0.4, 0.5) is 10.2 Å². The summed E-state index contributed by atoms with van der Waals surface area (Å²) in [6.45, 7) is 2.00. The van der Waals surface area contributed by atoms with Gasteiger partial charge in [-0.3, -0.25) is 13.9 Å². The number of aryl methyl sites for hydroxylation is 1. The van der Waals surface area contributed by atoms with Crippen LogP contribution in [0.2, 0.25) is 0 Å². The molecule has 1 atom stereocenters. The van der Waals surface area contributed by atoms with Crippen molar-refractivity contribution in [1.82, 2.24) is 9.13 Å². The van der Waals surface area contributed by atoms with Crippen molar-refractivity contribution < 1.29 is 14.2 Å². The summed E-state index contributed by atoms with van der Waals surface area (Å²) in [5.41, 5.74) is 1.54. The van der Waals surface area contributed by atoms with Crippen LogP contribution in [0.3, 0.4) is 0 Å². The molecule has 0 saturated heterocycles. The third kappa shape index (κ3) is 5.02. The number of ether oxygens (including phenoxy) is 1. The average molecular weight is 466 g/mol. The first-order chi connectivity index (χ1) is 16.4. The number of aliphatic imine (C=N–C) groups is 1. The zero-order valence-corrected chi connectivity index (χ0v) is 19.3. The Morgan fingerprint density at radius 3 is 2.65 bits per heavy atom. The predicted molar refractivity (Wildman–Crippen MR) is 128 cm³/mol. The highest BCUT2D eigenvalue weighted by atomic mass is 19.1. The summed E-state index contributed by atoms with van der Waals surface area (Å²) in [7, 11) is 1.59. The lowest BCUT2D eigenvalue weighted by molar-refractivity contribution is 0.277. The van der Waals surface area contributed by atoms with Crippen molar-refractivity contribution in [3.8, 4) is 5.75 Å². The number of rotatable bonds is 6. The van der Waals surface area contributed by atoms with Crippen LogP contribution in [0.15, 0.2) is 63.1 Å². The molecule has 8 heteroatoms. The third-order valence-electron chi connectivity index (χ3n) is 6.06. The summed E-state index contributed by atoms with van der Waals surface area (Å²) in [4.78, 5) is 30.8. The molecule has 1 aliphatic heterocycles. The van der Waals surface area contributed by atoms with Crippen LogP contribution in [0.25, 0.3) is 0 Å². The maximum atomic E-state index is 13.4. The molecule has 0 fully saturated rings. The molecular formula is C26H28FN3O4. The summed E-state index contributed by atoms with van der Waals surface area (Å²) in [5, 5.41) is 9.16. The van der Waals surface area contributed by atoms with Gasteiger partial charge in [-0.05, 0) is 68.0 Å². The van der Waals surface area contributed by atoms with Crippen molar-refractivity contribution in [2.24, 2.45) is 18.0 Å². The number of hydrogen-bond donors (Lipinski definition) is 1.